The Morgan fingerprint density at radius 3 is 2.23 bits per heavy atom. The molecular formula is C37H44Cl2FNO6Si. The van der Waals surface area contributed by atoms with Gasteiger partial charge >= 0.3 is 5.97 Å². The van der Waals surface area contributed by atoms with E-state index < -0.39 is 49.1 Å². The van der Waals surface area contributed by atoms with Gasteiger partial charge in [0.1, 0.15) is 5.82 Å². The van der Waals surface area contributed by atoms with E-state index in [2.05, 4.69) is 19.6 Å². The first kappa shape index (κ1) is 36.5. The van der Waals surface area contributed by atoms with E-state index in [9.17, 15) is 19.8 Å². The van der Waals surface area contributed by atoms with Crippen LogP contribution in [0.2, 0.25) is 35.7 Å². The van der Waals surface area contributed by atoms with Crippen LogP contribution in [0.5, 0.6) is 0 Å². The summed E-state index contributed by atoms with van der Waals surface area (Å²) in [5.41, 5.74) is -3.23. The fourth-order valence-electron chi connectivity index (χ4n) is 7.01. The van der Waals surface area contributed by atoms with Gasteiger partial charge in [-0.15, -0.1) is 0 Å². The molecule has 0 unspecified atom stereocenters. The number of ether oxygens (including phenoxy) is 2. The molecule has 0 bridgehead atoms. The SMILES string of the molecule is CC[C@@](O)(c1cc(F)c2c(c1)C(=O)N([C@H](c1ccc(Cl)cc1)[C@H](C)C(=O)OCC[Si](C)(C)C)[C@@]2(O)c1ccc(Cl)cc1)C1CCOCC1. The number of carbonyl (C=O) groups is 2. The van der Waals surface area contributed by atoms with Crippen molar-refractivity contribution < 1.29 is 33.7 Å². The van der Waals surface area contributed by atoms with Gasteiger partial charge in [0.25, 0.3) is 5.91 Å². The lowest BCUT2D eigenvalue weighted by atomic mass is 9.74. The van der Waals surface area contributed by atoms with Crippen molar-refractivity contribution in [1.29, 1.82) is 0 Å². The number of esters is 1. The number of amides is 1. The summed E-state index contributed by atoms with van der Waals surface area (Å²) in [5, 5.41) is 25.7. The highest BCUT2D eigenvalue weighted by Gasteiger charge is 2.57. The first-order valence-corrected chi connectivity index (χ1v) is 21.0. The third-order valence-electron chi connectivity index (χ3n) is 9.85. The first-order valence-electron chi connectivity index (χ1n) is 16.5. The van der Waals surface area contributed by atoms with Crippen molar-refractivity contribution in [2.75, 3.05) is 19.8 Å². The normalized spacial score (nSPS) is 21.0. The van der Waals surface area contributed by atoms with Crippen molar-refractivity contribution in [3.05, 3.63) is 104 Å². The fraction of sp³-hybridized carbons (Fsp3) is 0.459. The van der Waals surface area contributed by atoms with Crippen molar-refractivity contribution >= 4 is 43.2 Å². The molecule has 0 aliphatic carbocycles. The van der Waals surface area contributed by atoms with Gasteiger partial charge in [-0.3, -0.25) is 14.5 Å². The lowest BCUT2D eigenvalue weighted by Crippen LogP contribution is -2.50. The van der Waals surface area contributed by atoms with Crippen LogP contribution < -0.4 is 0 Å². The number of aliphatic hydroxyl groups is 2. The average molecular weight is 717 g/mol. The molecule has 5 rings (SSSR count). The average Bonchev–Trinajstić information content (AvgIpc) is 3.28. The minimum Gasteiger partial charge on any atom is -0.466 e. The van der Waals surface area contributed by atoms with Crippen LogP contribution >= 0.6 is 23.2 Å². The molecule has 2 aliphatic rings. The summed E-state index contributed by atoms with van der Waals surface area (Å²) in [4.78, 5) is 29.7. The van der Waals surface area contributed by atoms with Crippen LogP contribution in [-0.2, 0) is 25.6 Å². The second kappa shape index (κ2) is 14.2. The molecule has 11 heteroatoms. The summed E-state index contributed by atoms with van der Waals surface area (Å²) in [6.45, 7) is 11.2. The number of hydrogen-bond donors (Lipinski definition) is 2. The lowest BCUT2D eigenvalue weighted by molar-refractivity contribution is -0.153. The Labute approximate surface area is 293 Å². The zero-order valence-corrected chi connectivity index (χ0v) is 30.6. The van der Waals surface area contributed by atoms with Crippen molar-refractivity contribution in [2.24, 2.45) is 11.8 Å². The molecule has 0 saturated carbocycles. The Morgan fingerprint density at radius 2 is 1.67 bits per heavy atom. The molecule has 0 aromatic heterocycles. The summed E-state index contributed by atoms with van der Waals surface area (Å²) in [6, 6.07) is 15.2. The maximum Gasteiger partial charge on any atom is 0.311 e. The zero-order valence-electron chi connectivity index (χ0n) is 28.1. The van der Waals surface area contributed by atoms with Crippen molar-refractivity contribution in [2.45, 2.75) is 76.2 Å². The van der Waals surface area contributed by atoms with E-state index in [1.807, 2.05) is 6.92 Å². The Hall–Kier alpha value is -2.79. The van der Waals surface area contributed by atoms with E-state index in [1.165, 1.54) is 29.2 Å². The molecule has 3 aromatic carbocycles. The van der Waals surface area contributed by atoms with Gasteiger partial charge in [-0.25, -0.2) is 4.39 Å². The summed E-state index contributed by atoms with van der Waals surface area (Å²) in [6.07, 6.45) is 1.44. The smallest absolute Gasteiger partial charge is 0.311 e. The van der Waals surface area contributed by atoms with Gasteiger partial charge in [0.2, 0.25) is 0 Å². The standard InChI is InChI=1S/C37H44Cl2FNO6Si/c1-6-36(44,25-15-17-46-18-16-25)27-21-30-32(31(40)22-27)37(45,26-9-13-29(39)14-10-26)41(34(30)42)33(24-7-11-28(38)12-8-24)23(2)35(43)47-19-20-48(3,4)5/h7-14,21-23,25,33,44-45H,6,15-20H2,1-5H3/t23-,33-,36-,37+/m0/s1. The maximum absolute atomic E-state index is 16.7. The largest absolute Gasteiger partial charge is 0.466 e. The molecule has 2 N–H and O–H groups in total. The van der Waals surface area contributed by atoms with Crippen LogP contribution in [0.1, 0.15) is 71.8 Å². The predicted octanol–water partition coefficient (Wildman–Crippen LogP) is 8.06. The maximum atomic E-state index is 16.7. The predicted molar refractivity (Wildman–Crippen MR) is 187 cm³/mol. The summed E-state index contributed by atoms with van der Waals surface area (Å²) >= 11 is 12.5. The number of benzene rings is 3. The van der Waals surface area contributed by atoms with Gasteiger partial charge < -0.3 is 19.7 Å². The van der Waals surface area contributed by atoms with Gasteiger partial charge in [-0.1, -0.05) is 74.0 Å². The van der Waals surface area contributed by atoms with Crippen molar-refractivity contribution in [1.82, 2.24) is 4.90 Å². The molecule has 0 radical (unpaired) electrons. The Bertz CT molecular complexity index is 1640. The van der Waals surface area contributed by atoms with Gasteiger partial charge in [0, 0.05) is 36.9 Å². The highest BCUT2D eigenvalue weighted by Crippen LogP contribution is 2.51. The van der Waals surface area contributed by atoms with E-state index in [0.29, 0.717) is 41.7 Å². The van der Waals surface area contributed by atoms with Gasteiger partial charge in [0.05, 0.1) is 35.3 Å². The molecule has 1 saturated heterocycles. The number of rotatable bonds is 11. The molecule has 0 spiro atoms. The Kier molecular flexibility index (Phi) is 10.8. The second-order valence-corrected chi connectivity index (χ2v) is 20.7. The molecular weight excluding hydrogens is 672 g/mol. The molecule has 258 valence electrons. The van der Waals surface area contributed by atoms with E-state index in [1.54, 1.807) is 43.3 Å². The van der Waals surface area contributed by atoms with Crippen molar-refractivity contribution in [3.8, 4) is 0 Å². The first-order chi connectivity index (χ1) is 22.6. The van der Waals surface area contributed by atoms with Gasteiger partial charge in [-0.05, 0) is 85.7 Å². The minimum absolute atomic E-state index is 0.0975. The van der Waals surface area contributed by atoms with Crippen LogP contribution in [0.3, 0.4) is 0 Å². The molecule has 48 heavy (non-hydrogen) atoms. The molecule has 2 aliphatic heterocycles. The highest BCUT2D eigenvalue weighted by atomic mass is 35.5. The molecule has 2 heterocycles. The monoisotopic (exact) mass is 715 g/mol. The minimum atomic E-state index is -2.36. The third-order valence-corrected chi connectivity index (χ3v) is 12.1. The fourth-order valence-corrected chi connectivity index (χ4v) is 7.98. The van der Waals surface area contributed by atoms with Crippen LogP contribution in [-0.4, -0.2) is 54.9 Å². The number of hydrogen-bond acceptors (Lipinski definition) is 6. The second-order valence-electron chi connectivity index (χ2n) is 14.2. The zero-order chi connectivity index (χ0) is 35.0. The van der Waals surface area contributed by atoms with Crippen LogP contribution in [0.15, 0.2) is 60.7 Å². The quantitative estimate of drug-likeness (QED) is 0.154. The number of nitrogens with zero attached hydrogens (tertiary/aromatic N) is 1. The van der Waals surface area contributed by atoms with Crippen LogP contribution in [0.25, 0.3) is 0 Å². The van der Waals surface area contributed by atoms with Crippen LogP contribution in [0, 0.1) is 17.7 Å². The number of fused-ring (bicyclic) bond motifs is 1. The Morgan fingerprint density at radius 1 is 1.08 bits per heavy atom. The molecule has 1 amide bonds. The summed E-state index contributed by atoms with van der Waals surface area (Å²) < 4.78 is 28.0. The summed E-state index contributed by atoms with van der Waals surface area (Å²) in [5.74, 6) is -3.31. The van der Waals surface area contributed by atoms with E-state index in [-0.39, 0.29) is 41.2 Å². The molecule has 7 nitrogen and oxygen atoms in total. The molecule has 3 aromatic rings. The van der Waals surface area contributed by atoms with E-state index in [4.69, 9.17) is 32.7 Å². The number of carbonyl (C=O) groups excluding carboxylic acids is 2. The van der Waals surface area contributed by atoms with Gasteiger partial charge in [-0.2, -0.15) is 0 Å². The molecule has 4 atom stereocenters. The third kappa shape index (κ3) is 6.95. The lowest BCUT2D eigenvalue weighted by Gasteiger charge is -2.42. The van der Waals surface area contributed by atoms with Crippen LogP contribution in [0.4, 0.5) is 4.39 Å². The number of halogens is 3. The van der Waals surface area contributed by atoms with Gasteiger partial charge in [0.15, 0.2) is 5.72 Å². The topological polar surface area (TPSA) is 96.3 Å². The summed E-state index contributed by atoms with van der Waals surface area (Å²) in [7, 11) is -1.53. The highest BCUT2D eigenvalue weighted by molar-refractivity contribution is 6.76. The van der Waals surface area contributed by atoms with E-state index in [0.717, 1.165) is 6.04 Å². The molecule has 1 fully saturated rings. The Balaban J connectivity index is 1.69. The van der Waals surface area contributed by atoms with E-state index >= 15 is 4.39 Å². The van der Waals surface area contributed by atoms with Crippen molar-refractivity contribution in [3.63, 3.8) is 0 Å².